The summed E-state index contributed by atoms with van der Waals surface area (Å²) in [6.07, 6.45) is 0.416. The van der Waals surface area contributed by atoms with E-state index in [1.54, 1.807) is 18.2 Å². The van der Waals surface area contributed by atoms with Gasteiger partial charge in [0.25, 0.3) is 0 Å². The molecule has 0 spiro atoms. The molecular weight excluding hydrogens is 528 g/mol. The highest BCUT2D eigenvalue weighted by Gasteiger charge is 2.20. The Morgan fingerprint density at radius 1 is 0.756 bits per heavy atom. The number of hydrogen-bond acceptors (Lipinski definition) is 6. The molecule has 0 atom stereocenters. The van der Waals surface area contributed by atoms with Crippen LogP contribution < -0.4 is 31.9 Å². The zero-order chi connectivity index (χ0) is 29.2. The van der Waals surface area contributed by atoms with Crippen molar-refractivity contribution in [1.82, 2.24) is 10.6 Å². The summed E-state index contributed by atoms with van der Waals surface area (Å²) < 4.78 is 5.14. The summed E-state index contributed by atoms with van der Waals surface area (Å²) in [5.41, 5.74) is 6.58. The molecule has 4 rings (SSSR count). The maximum absolute atomic E-state index is 12.4. The van der Waals surface area contributed by atoms with E-state index in [0.29, 0.717) is 43.0 Å². The Labute approximate surface area is 236 Å². The Morgan fingerprint density at radius 2 is 1.34 bits per heavy atom. The van der Waals surface area contributed by atoms with Gasteiger partial charge in [-0.05, 0) is 84.5 Å². The molecule has 6 amide bonds. The van der Waals surface area contributed by atoms with Gasteiger partial charge in [0, 0.05) is 35.8 Å². The predicted molar refractivity (Wildman–Crippen MR) is 156 cm³/mol. The first-order valence-corrected chi connectivity index (χ1v) is 13.1. The summed E-state index contributed by atoms with van der Waals surface area (Å²) in [6, 6.07) is 17.3. The standard InChI is InChI=1S/C29H32N6O6/c1-2-30-27(38)33-22-7-9-24-18(14-22)13-19-15-23(8-10-25(19)24)34-28(39)31-11-4-12-41-29(40)35-21-6-3-5-20(16-21)32-26(37)17-36/h3,5-10,14-16,36H,2,4,11-13,17H2,1H3,(H,32,37)(H,35,40)(H2,30,33,38)(H2,31,34,39). The largest absolute Gasteiger partial charge is 0.449 e. The van der Waals surface area contributed by atoms with Gasteiger partial charge in [0.1, 0.15) is 6.61 Å². The number of anilines is 4. The van der Waals surface area contributed by atoms with Crippen LogP contribution >= 0.6 is 0 Å². The van der Waals surface area contributed by atoms with E-state index in [1.807, 2.05) is 43.3 Å². The van der Waals surface area contributed by atoms with Crippen molar-refractivity contribution >= 4 is 46.8 Å². The lowest BCUT2D eigenvalue weighted by Crippen LogP contribution is -2.30. The molecule has 0 fully saturated rings. The Morgan fingerprint density at radius 3 is 1.95 bits per heavy atom. The second kappa shape index (κ2) is 13.8. The molecule has 1 aliphatic carbocycles. The van der Waals surface area contributed by atoms with Gasteiger partial charge >= 0.3 is 18.2 Å². The van der Waals surface area contributed by atoms with Gasteiger partial charge in [-0.1, -0.05) is 18.2 Å². The number of aliphatic hydroxyl groups is 1. The molecule has 12 nitrogen and oxygen atoms in total. The molecule has 214 valence electrons. The molecule has 0 saturated carbocycles. The number of aliphatic hydroxyl groups excluding tert-OH is 1. The minimum Gasteiger partial charge on any atom is -0.449 e. The SMILES string of the molecule is CCNC(=O)Nc1ccc2c(c1)Cc1cc(NC(=O)NCCCOC(=O)Nc3cccc(NC(=O)CO)c3)ccc1-2. The van der Waals surface area contributed by atoms with Gasteiger partial charge in [-0.25, -0.2) is 14.4 Å². The number of benzene rings is 3. The van der Waals surface area contributed by atoms with Gasteiger partial charge in [0.15, 0.2) is 0 Å². The van der Waals surface area contributed by atoms with Crippen molar-refractivity contribution in [2.75, 3.05) is 47.6 Å². The third-order valence-electron chi connectivity index (χ3n) is 6.11. The van der Waals surface area contributed by atoms with Crippen LogP contribution in [0.25, 0.3) is 11.1 Å². The molecule has 0 bridgehead atoms. The van der Waals surface area contributed by atoms with E-state index < -0.39 is 18.6 Å². The number of rotatable bonds is 10. The molecule has 1 aliphatic rings. The maximum atomic E-state index is 12.4. The zero-order valence-corrected chi connectivity index (χ0v) is 22.5. The van der Waals surface area contributed by atoms with Gasteiger partial charge in [0.2, 0.25) is 5.91 Å². The average Bonchev–Trinajstić information content (AvgIpc) is 3.30. The summed E-state index contributed by atoms with van der Waals surface area (Å²) in [6.45, 7) is 2.13. The van der Waals surface area contributed by atoms with Crippen molar-refractivity contribution < 1.29 is 29.0 Å². The number of amides is 6. The van der Waals surface area contributed by atoms with Gasteiger partial charge in [-0.3, -0.25) is 10.1 Å². The van der Waals surface area contributed by atoms with E-state index in [9.17, 15) is 19.2 Å². The van der Waals surface area contributed by atoms with Crippen LogP contribution in [0.5, 0.6) is 0 Å². The fraction of sp³-hybridized carbons (Fsp3) is 0.241. The predicted octanol–water partition coefficient (Wildman–Crippen LogP) is 4.09. The Kier molecular flexibility index (Phi) is 9.73. The number of ether oxygens (including phenoxy) is 1. The monoisotopic (exact) mass is 560 g/mol. The smallest absolute Gasteiger partial charge is 0.411 e. The Balaban J connectivity index is 1.17. The molecule has 3 aromatic rings. The third kappa shape index (κ3) is 8.19. The first kappa shape index (κ1) is 28.9. The number of hydrogen-bond donors (Lipinski definition) is 7. The van der Waals surface area contributed by atoms with E-state index in [1.165, 1.54) is 6.07 Å². The van der Waals surface area contributed by atoms with Crippen LogP contribution in [-0.2, 0) is 16.0 Å². The lowest BCUT2D eigenvalue weighted by atomic mass is 10.1. The van der Waals surface area contributed by atoms with Crippen molar-refractivity contribution in [3.05, 3.63) is 71.8 Å². The number of fused-ring (bicyclic) bond motifs is 3. The minimum atomic E-state index is -0.675. The summed E-state index contributed by atoms with van der Waals surface area (Å²) >= 11 is 0. The first-order valence-electron chi connectivity index (χ1n) is 13.1. The van der Waals surface area contributed by atoms with E-state index in [0.717, 1.165) is 27.9 Å². The number of urea groups is 2. The average molecular weight is 561 g/mol. The minimum absolute atomic E-state index is 0.0844. The van der Waals surface area contributed by atoms with Crippen LogP contribution in [0, 0.1) is 0 Å². The molecule has 12 heteroatoms. The van der Waals surface area contributed by atoms with Crippen molar-refractivity contribution in [1.29, 1.82) is 0 Å². The first-order chi connectivity index (χ1) is 19.8. The highest BCUT2D eigenvalue weighted by atomic mass is 16.5. The molecule has 0 aliphatic heterocycles. The fourth-order valence-corrected chi connectivity index (χ4v) is 4.35. The van der Waals surface area contributed by atoms with E-state index in [2.05, 4.69) is 31.9 Å². The lowest BCUT2D eigenvalue weighted by Gasteiger charge is -2.10. The second-order valence-electron chi connectivity index (χ2n) is 9.19. The molecule has 7 N–H and O–H groups in total. The van der Waals surface area contributed by atoms with Gasteiger partial charge in [-0.2, -0.15) is 0 Å². The van der Waals surface area contributed by atoms with Crippen molar-refractivity contribution in [3.63, 3.8) is 0 Å². The highest BCUT2D eigenvalue weighted by molar-refractivity contribution is 5.93. The van der Waals surface area contributed by atoms with Crippen molar-refractivity contribution in [2.45, 2.75) is 19.8 Å². The van der Waals surface area contributed by atoms with Crippen molar-refractivity contribution in [3.8, 4) is 11.1 Å². The van der Waals surface area contributed by atoms with Crippen LogP contribution in [0.2, 0.25) is 0 Å². The molecule has 0 heterocycles. The molecule has 41 heavy (non-hydrogen) atoms. The zero-order valence-electron chi connectivity index (χ0n) is 22.5. The van der Waals surface area contributed by atoms with Gasteiger partial charge in [0.05, 0.1) is 6.61 Å². The van der Waals surface area contributed by atoms with E-state index in [4.69, 9.17) is 9.84 Å². The van der Waals surface area contributed by atoms with Gasteiger partial charge < -0.3 is 36.4 Å². The second-order valence-corrected chi connectivity index (χ2v) is 9.19. The Bertz CT molecular complexity index is 1440. The summed E-state index contributed by atoms with van der Waals surface area (Å²) in [5, 5.41) is 25.0. The molecule has 0 aromatic heterocycles. The van der Waals surface area contributed by atoms with E-state index >= 15 is 0 Å². The Hall–Kier alpha value is -5.10. The molecule has 0 unspecified atom stereocenters. The molecular formula is C29H32N6O6. The highest BCUT2D eigenvalue weighted by Crippen LogP contribution is 2.39. The maximum Gasteiger partial charge on any atom is 0.411 e. The molecule has 0 radical (unpaired) electrons. The molecule has 0 saturated heterocycles. The summed E-state index contributed by atoms with van der Waals surface area (Å²) in [7, 11) is 0. The van der Waals surface area contributed by atoms with Crippen LogP contribution in [0.3, 0.4) is 0 Å². The normalized spacial score (nSPS) is 11.0. The quantitative estimate of drug-likeness (QED) is 0.144. The van der Waals surface area contributed by atoms with Crippen LogP contribution in [-0.4, -0.2) is 55.5 Å². The van der Waals surface area contributed by atoms with Crippen LogP contribution in [0.1, 0.15) is 24.5 Å². The summed E-state index contributed by atoms with van der Waals surface area (Å²) in [4.78, 5) is 47.5. The number of carbonyl (C=O) groups excluding carboxylic acids is 4. The summed E-state index contributed by atoms with van der Waals surface area (Å²) in [5.74, 6) is -0.565. The fourth-order valence-electron chi connectivity index (χ4n) is 4.35. The van der Waals surface area contributed by atoms with E-state index in [-0.39, 0.29) is 18.7 Å². The topological polar surface area (TPSA) is 170 Å². The molecule has 3 aromatic carbocycles. The number of carbonyl (C=O) groups is 4. The van der Waals surface area contributed by atoms with Crippen LogP contribution in [0.15, 0.2) is 60.7 Å². The number of nitrogens with one attached hydrogen (secondary N) is 6. The lowest BCUT2D eigenvalue weighted by molar-refractivity contribution is -0.118. The third-order valence-corrected chi connectivity index (χ3v) is 6.11. The van der Waals surface area contributed by atoms with Crippen molar-refractivity contribution in [2.24, 2.45) is 0 Å². The van der Waals surface area contributed by atoms with Gasteiger partial charge in [-0.15, -0.1) is 0 Å². The van der Waals surface area contributed by atoms with Crippen LogP contribution in [0.4, 0.5) is 37.1 Å².